The molecule has 6 heteroatoms. The van der Waals surface area contributed by atoms with E-state index in [-0.39, 0.29) is 23.7 Å². The van der Waals surface area contributed by atoms with Crippen LogP contribution in [-0.2, 0) is 16.2 Å². The van der Waals surface area contributed by atoms with Gasteiger partial charge in [0.2, 0.25) is 0 Å². The number of rotatable bonds is 3. The van der Waals surface area contributed by atoms with Gasteiger partial charge in [-0.2, -0.15) is 4.72 Å². The number of ether oxygens (including phenoxy) is 2. The third-order valence-corrected chi connectivity index (χ3v) is 5.73. The Labute approximate surface area is 143 Å². The predicted octanol–water partition coefficient (Wildman–Crippen LogP) is 2.73. The third kappa shape index (κ3) is 2.72. The van der Waals surface area contributed by atoms with Crippen LogP contribution in [0.5, 0.6) is 11.5 Å². The average molecular weight is 343 g/mol. The average Bonchev–Trinajstić information content (AvgIpc) is 3.12. The molecule has 0 spiro atoms. The Morgan fingerprint density at radius 3 is 2.75 bits per heavy atom. The molecule has 0 radical (unpaired) electrons. The quantitative estimate of drug-likeness (QED) is 0.870. The molecule has 24 heavy (non-hydrogen) atoms. The molecule has 1 fully saturated rings. The maximum Gasteiger partial charge on any atom is 0.266 e. The van der Waals surface area contributed by atoms with Crippen molar-refractivity contribution in [2.24, 2.45) is 0 Å². The van der Waals surface area contributed by atoms with Gasteiger partial charge < -0.3 is 14.0 Å². The maximum atomic E-state index is 11.8. The molecule has 2 heterocycles. The molecule has 2 aliphatic rings. The lowest BCUT2D eigenvalue weighted by molar-refractivity contribution is -0.118. The molecule has 3 atom stereocenters. The second-order valence-electron chi connectivity index (χ2n) is 6.00. The third-order valence-electron chi connectivity index (χ3n) is 4.34. The van der Waals surface area contributed by atoms with E-state index in [0.29, 0.717) is 6.61 Å². The molecular formula is C18H17NO4S. The van der Waals surface area contributed by atoms with Crippen molar-refractivity contribution < 1.29 is 18.8 Å². The normalized spacial score (nSPS) is 25.1. The Morgan fingerprint density at radius 2 is 2.04 bits per heavy atom. The molecule has 2 unspecified atom stereocenters. The number of para-hydroxylation sites is 1. The maximum absolute atomic E-state index is 11.8. The van der Waals surface area contributed by atoms with Crippen LogP contribution in [0.15, 0.2) is 42.5 Å². The zero-order valence-corrected chi connectivity index (χ0v) is 14.0. The fraction of sp³-hybridized carbons (Fsp3) is 0.278. The molecule has 5 nitrogen and oxygen atoms in total. The Bertz CT molecular complexity index is 777. The second kappa shape index (κ2) is 6.03. The number of aryl methyl sites for hydroxylation is 1. The largest absolute Gasteiger partial charge is 0.593 e. The first-order valence-corrected chi connectivity index (χ1v) is 9.02. The fourth-order valence-corrected chi connectivity index (χ4v) is 4.27. The molecule has 4 rings (SSSR count). The minimum absolute atomic E-state index is 0.130. The molecule has 0 saturated carbocycles. The first-order valence-electron chi connectivity index (χ1n) is 7.81. The summed E-state index contributed by atoms with van der Waals surface area (Å²) in [5.74, 6) is 1.46. The minimum Gasteiger partial charge on any atom is -0.593 e. The number of carbonyl (C=O) groups excluding carboxylic acids is 1. The molecule has 124 valence electrons. The van der Waals surface area contributed by atoms with Crippen molar-refractivity contribution in [2.75, 3.05) is 6.61 Å². The molecule has 2 aliphatic heterocycles. The number of fused-ring (bicyclic) bond motifs is 1. The van der Waals surface area contributed by atoms with Crippen molar-refractivity contribution in [3.63, 3.8) is 0 Å². The lowest BCUT2D eigenvalue weighted by Crippen LogP contribution is -2.21. The number of benzene rings is 2. The van der Waals surface area contributed by atoms with E-state index in [1.165, 1.54) is 0 Å². The highest BCUT2D eigenvalue weighted by molar-refractivity contribution is 7.90. The van der Waals surface area contributed by atoms with E-state index in [9.17, 15) is 9.35 Å². The summed E-state index contributed by atoms with van der Waals surface area (Å²) in [4.78, 5) is 11.3. The summed E-state index contributed by atoms with van der Waals surface area (Å²) >= 11 is -1.35. The molecular weight excluding hydrogens is 326 g/mol. The number of amides is 1. The predicted molar refractivity (Wildman–Crippen MR) is 90.1 cm³/mol. The van der Waals surface area contributed by atoms with Crippen LogP contribution < -0.4 is 14.2 Å². The topological polar surface area (TPSA) is 70.6 Å². The van der Waals surface area contributed by atoms with Gasteiger partial charge in [-0.3, -0.25) is 4.79 Å². The van der Waals surface area contributed by atoms with Crippen molar-refractivity contribution in [1.29, 1.82) is 0 Å². The smallest absolute Gasteiger partial charge is 0.266 e. The first kappa shape index (κ1) is 15.4. The number of nitrogens with one attached hydrogen (secondary N) is 1. The Kier molecular flexibility index (Phi) is 3.86. The SMILES string of the molecule is Cc1cccc2c1OC[C@H]2Oc1ccc(C2CC(=O)N[S+]2[O-])cc1. The van der Waals surface area contributed by atoms with E-state index >= 15 is 0 Å². The second-order valence-corrected chi connectivity index (χ2v) is 7.36. The molecule has 0 aliphatic carbocycles. The van der Waals surface area contributed by atoms with Crippen molar-refractivity contribution in [2.45, 2.75) is 24.7 Å². The van der Waals surface area contributed by atoms with Crippen LogP contribution in [-0.4, -0.2) is 17.1 Å². The lowest BCUT2D eigenvalue weighted by Gasteiger charge is -2.15. The summed E-state index contributed by atoms with van der Waals surface area (Å²) in [5.41, 5.74) is 3.04. The van der Waals surface area contributed by atoms with Crippen molar-refractivity contribution in [1.82, 2.24) is 4.72 Å². The van der Waals surface area contributed by atoms with Gasteiger partial charge in [0, 0.05) is 11.1 Å². The number of hydrogen-bond acceptors (Lipinski definition) is 4. The van der Waals surface area contributed by atoms with Gasteiger partial charge in [0.25, 0.3) is 5.91 Å². The van der Waals surface area contributed by atoms with Gasteiger partial charge >= 0.3 is 0 Å². The fourth-order valence-electron chi connectivity index (χ4n) is 3.11. The zero-order valence-electron chi connectivity index (χ0n) is 13.2. The minimum atomic E-state index is -1.35. The van der Waals surface area contributed by atoms with Crippen LogP contribution in [0.25, 0.3) is 0 Å². The van der Waals surface area contributed by atoms with Gasteiger partial charge in [-0.1, -0.05) is 30.3 Å². The van der Waals surface area contributed by atoms with Gasteiger partial charge in [0.05, 0.1) is 17.8 Å². The molecule has 1 amide bonds. The van der Waals surface area contributed by atoms with Gasteiger partial charge in [0.15, 0.2) is 11.4 Å². The van der Waals surface area contributed by atoms with Crippen LogP contribution in [0.4, 0.5) is 0 Å². The van der Waals surface area contributed by atoms with E-state index in [4.69, 9.17) is 9.47 Å². The molecule has 2 aromatic rings. The summed E-state index contributed by atoms with van der Waals surface area (Å²) in [5, 5.41) is -0.287. The molecule has 1 N–H and O–H groups in total. The Balaban J connectivity index is 1.49. The van der Waals surface area contributed by atoms with E-state index in [1.807, 2.05) is 49.4 Å². The van der Waals surface area contributed by atoms with E-state index < -0.39 is 11.4 Å². The summed E-state index contributed by atoms with van der Waals surface area (Å²) < 4.78 is 26.1. The standard InChI is InChI=1S/C18H17NO4S/c1-11-3-2-4-14-15(10-22-18(11)14)23-13-7-5-12(6-8-13)16-9-17(20)19-24(16)21/h2-8,15-16H,9-10H2,1H3,(H,19,20)/t15-,16?,24?/m1/s1. The van der Waals surface area contributed by atoms with Gasteiger partial charge in [-0.15, -0.1) is 0 Å². The number of hydrogen-bond donors (Lipinski definition) is 1. The highest BCUT2D eigenvalue weighted by Crippen LogP contribution is 2.38. The summed E-state index contributed by atoms with van der Waals surface area (Å²) in [7, 11) is 0. The summed E-state index contributed by atoms with van der Waals surface area (Å²) in [6.07, 6.45) is 0.130. The van der Waals surface area contributed by atoms with E-state index in [2.05, 4.69) is 4.72 Å². The summed E-state index contributed by atoms with van der Waals surface area (Å²) in [6.45, 7) is 2.51. The Hall–Kier alpha value is -2.18. The Morgan fingerprint density at radius 1 is 1.25 bits per heavy atom. The highest BCUT2D eigenvalue weighted by atomic mass is 32.2. The van der Waals surface area contributed by atoms with Gasteiger partial charge in [0.1, 0.15) is 18.1 Å². The van der Waals surface area contributed by atoms with E-state index in [1.54, 1.807) is 0 Å². The van der Waals surface area contributed by atoms with Gasteiger partial charge in [-0.25, -0.2) is 0 Å². The highest BCUT2D eigenvalue weighted by Gasteiger charge is 2.37. The number of carbonyl (C=O) groups is 1. The zero-order chi connectivity index (χ0) is 16.7. The monoisotopic (exact) mass is 343 g/mol. The van der Waals surface area contributed by atoms with Crippen molar-refractivity contribution >= 4 is 17.3 Å². The molecule has 2 aromatic carbocycles. The van der Waals surface area contributed by atoms with Crippen LogP contribution in [0.3, 0.4) is 0 Å². The lowest BCUT2D eigenvalue weighted by atomic mass is 10.1. The molecule has 0 bridgehead atoms. The molecule has 1 saturated heterocycles. The first-order chi connectivity index (χ1) is 11.6. The van der Waals surface area contributed by atoms with Crippen molar-refractivity contribution in [3.8, 4) is 11.5 Å². The van der Waals surface area contributed by atoms with Crippen LogP contribution in [0.1, 0.15) is 34.5 Å². The van der Waals surface area contributed by atoms with Crippen LogP contribution in [0, 0.1) is 6.92 Å². The van der Waals surface area contributed by atoms with Gasteiger partial charge in [-0.05, 0) is 24.6 Å². The van der Waals surface area contributed by atoms with Crippen LogP contribution in [0.2, 0.25) is 0 Å². The summed E-state index contributed by atoms with van der Waals surface area (Å²) in [6, 6.07) is 13.5. The van der Waals surface area contributed by atoms with E-state index in [0.717, 1.165) is 28.2 Å². The van der Waals surface area contributed by atoms with Crippen LogP contribution >= 0.6 is 0 Å². The van der Waals surface area contributed by atoms with Crippen molar-refractivity contribution in [3.05, 3.63) is 59.2 Å². The molecule has 0 aromatic heterocycles.